The van der Waals surface area contributed by atoms with E-state index in [2.05, 4.69) is 15.3 Å². The quantitative estimate of drug-likeness (QED) is 0.749. The Kier molecular flexibility index (Phi) is 5.66. The second-order valence-corrected chi connectivity index (χ2v) is 8.22. The van der Waals surface area contributed by atoms with E-state index < -0.39 is 0 Å². The molecule has 8 heteroatoms. The van der Waals surface area contributed by atoms with Gasteiger partial charge in [-0.3, -0.25) is 9.48 Å². The van der Waals surface area contributed by atoms with E-state index >= 15 is 0 Å². The molecule has 0 radical (unpaired) electrons. The summed E-state index contributed by atoms with van der Waals surface area (Å²) in [5, 5.41) is 7.70. The Labute approximate surface area is 169 Å². The molecular formula is C20H26N4O3S. The molecule has 0 atom stereocenters. The molecule has 2 aliphatic rings. The van der Waals surface area contributed by atoms with E-state index in [1.54, 1.807) is 11.8 Å². The maximum Gasteiger partial charge on any atom is 0.225 e. The molecule has 150 valence electrons. The lowest BCUT2D eigenvalue weighted by atomic mass is 10.3. The number of benzene rings is 1. The van der Waals surface area contributed by atoms with Gasteiger partial charge < -0.3 is 19.7 Å². The number of ether oxygens (including phenoxy) is 2. The van der Waals surface area contributed by atoms with Gasteiger partial charge in [0, 0.05) is 37.2 Å². The minimum atomic E-state index is 0.0154. The molecule has 0 saturated carbocycles. The van der Waals surface area contributed by atoms with Gasteiger partial charge in [0.2, 0.25) is 5.91 Å². The molecule has 3 heterocycles. The van der Waals surface area contributed by atoms with Crippen molar-refractivity contribution in [3.8, 4) is 11.5 Å². The highest BCUT2D eigenvalue weighted by Crippen LogP contribution is 2.34. The molecule has 0 aliphatic carbocycles. The molecule has 2 aliphatic heterocycles. The van der Waals surface area contributed by atoms with Crippen LogP contribution in [0.25, 0.3) is 0 Å². The molecular weight excluding hydrogens is 376 g/mol. The first-order chi connectivity index (χ1) is 13.6. The molecule has 1 fully saturated rings. The second kappa shape index (κ2) is 8.34. The van der Waals surface area contributed by atoms with Crippen LogP contribution in [0.15, 0.2) is 23.1 Å². The molecule has 2 aromatic rings. The number of rotatable bonds is 6. The van der Waals surface area contributed by atoms with Crippen molar-refractivity contribution in [1.29, 1.82) is 0 Å². The highest BCUT2D eigenvalue weighted by atomic mass is 32.2. The number of carbonyl (C=O) groups is 1. The van der Waals surface area contributed by atoms with Crippen LogP contribution in [0.1, 0.15) is 25.0 Å². The number of hydrogen-bond donors (Lipinski definition) is 1. The highest BCUT2D eigenvalue weighted by Gasteiger charge is 2.23. The molecule has 1 amide bonds. The summed E-state index contributed by atoms with van der Waals surface area (Å²) in [6.45, 7) is 5.16. The summed E-state index contributed by atoms with van der Waals surface area (Å²) in [6.07, 6.45) is 2.79. The maximum atomic E-state index is 12.5. The zero-order valence-corrected chi connectivity index (χ0v) is 17.2. The van der Waals surface area contributed by atoms with Crippen molar-refractivity contribution >= 4 is 29.2 Å². The third-order valence-electron chi connectivity index (χ3n) is 5.10. The van der Waals surface area contributed by atoms with Crippen LogP contribution in [0.3, 0.4) is 0 Å². The molecule has 0 spiro atoms. The number of carbonyl (C=O) groups excluding carboxylic acids is 1. The summed E-state index contributed by atoms with van der Waals surface area (Å²) in [5.41, 5.74) is 1.83. The molecule has 1 saturated heterocycles. The zero-order valence-electron chi connectivity index (χ0n) is 16.4. The molecule has 0 unspecified atom stereocenters. The van der Waals surface area contributed by atoms with Gasteiger partial charge in [-0.1, -0.05) is 0 Å². The number of anilines is 2. The van der Waals surface area contributed by atoms with Gasteiger partial charge in [0.1, 0.15) is 18.9 Å². The fraction of sp³-hybridized carbons (Fsp3) is 0.500. The van der Waals surface area contributed by atoms with Gasteiger partial charge in [-0.25, -0.2) is 0 Å². The SMILES string of the molecule is Cc1c(NC(=O)CCSc2ccc3c(c2)OCCO3)c(N2CCCC2)nn1C. The molecule has 1 N–H and O–H groups in total. The Morgan fingerprint density at radius 1 is 1.21 bits per heavy atom. The van der Waals surface area contributed by atoms with E-state index in [0.717, 1.165) is 46.7 Å². The number of nitrogens with zero attached hydrogens (tertiary/aromatic N) is 3. The van der Waals surface area contributed by atoms with Crippen molar-refractivity contribution in [2.75, 3.05) is 42.3 Å². The fourth-order valence-electron chi connectivity index (χ4n) is 3.46. The van der Waals surface area contributed by atoms with E-state index in [-0.39, 0.29) is 5.91 Å². The first-order valence-corrected chi connectivity index (χ1v) is 10.7. The Morgan fingerprint density at radius 2 is 1.96 bits per heavy atom. The third-order valence-corrected chi connectivity index (χ3v) is 6.09. The molecule has 4 rings (SSSR count). The molecule has 7 nitrogen and oxygen atoms in total. The average molecular weight is 403 g/mol. The predicted octanol–water partition coefficient (Wildman–Crippen LogP) is 3.22. The van der Waals surface area contributed by atoms with E-state index in [4.69, 9.17) is 9.47 Å². The number of thioether (sulfide) groups is 1. The van der Waals surface area contributed by atoms with Crippen molar-refractivity contribution in [3.05, 3.63) is 23.9 Å². The fourth-order valence-corrected chi connectivity index (χ4v) is 4.34. The van der Waals surface area contributed by atoms with Gasteiger partial charge in [-0.05, 0) is 38.0 Å². The Bertz CT molecular complexity index is 861. The van der Waals surface area contributed by atoms with Gasteiger partial charge >= 0.3 is 0 Å². The standard InChI is InChI=1S/C20H26N4O3S/c1-14-19(20(22-23(14)2)24-8-3-4-9-24)21-18(25)7-12-28-15-5-6-16-17(13-15)27-11-10-26-16/h5-6,13H,3-4,7-12H2,1-2H3,(H,21,25). The minimum absolute atomic E-state index is 0.0154. The molecule has 0 bridgehead atoms. The number of hydrogen-bond acceptors (Lipinski definition) is 6. The van der Waals surface area contributed by atoms with E-state index in [0.29, 0.717) is 25.4 Å². The summed E-state index contributed by atoms with van der Waals surface area (Å²) in [6, 6.07) is 5.92. The molecule has 1 aromatic heterocycles. The predicted molar refractivity (Wildman–Crippen MR) is 111 cm³/mol. The Hall–Kier alpha value is -2.35. The summed E-state index contributed by atoms with van der Waals surface area (Å²) < 4.78 is 13.0. The molecule has 1 aromatic carbocycles. The average Bonchev–Trinajstić information content (AvgIpc) is 3.32. The minimum Gasteiger partial charge on any atom is -0.486 e. The van der Waals surface area contributed by atoms with Gasteiger partial charge in [-0.15, -0.1) is 11.8 Å². The number of aromatic nitrogens is 2. The van der Waals surface area contributed by atoms with Crippen molar-refractivity contribution in [2.24, 2.45) is 7.05 Å². The Morgan fingerprint density at radius 3 is 2.75 bits per heavy atom. The van der Waals surface area contributed by atoms with Crippen LogP contribution in [0, 0.1) is 6.92 Å². The lowest BCUT2D eigenvalue weighted by molar-refractivity contribution is -0.115. The summed E-state index contributed by atoms with van der Waals surface area (Å²) in [4.78, 5) is 15.9. The van der Waals surface area contributed by atoms with Gasteiger partial charge in [0.05, 0.1) is 5.69 Å². The lowest BCUT2D eigenvalue weighted by Crippen LogP contribution is -2.21. The summed E-state index contributed by atoms with van der Waals surface area (Å²) in [7, 11) is 1.92. The summed E-state index contributed by atoms with van der Waals surface area (Å²) >= 11 is 1.64. The van der Waals surface area contributed by atoms with Gasteiger partial charge in [-0.2, -0.15) is 5.10 Å². The van der Waals surface area contributed by atoms with E-state index in [1.165, 1.54) is 12.8 Å². The van der Waals surface area contributed by atoms with Crippen LogP contribution in [0.2, 0.25) is 0 Å². The van der Waals surface area contributed by atoms with Crippen LogP contribution in [-0.4, -0.2) is 47.7 Å². The first kappa shape index (κ1) is 19.0. The number of fused-ring (bicyclic) bond motifs is 1. The largest absolute Gasteiger partial charge is 0.486 e. The number of nitrogens with one attached hydrogen (secondary N) is 1. The maximum absolute atomic E-state index is 12.5. The third kappa shape index (κ3) is 4.06. The molecule has 28 heavy (non-hydrogen) atoms. The second-order valence-electron chi connectivity index (χ2n) is 7.05. The van der Waals surface area contributed by atoms with Crippen LogP contribution in [-0.2, 0) is 11.8 Å². The van der Waals surface area contributed by atoms with Crippen molar-refractivity contribution < 1.29 is 14.3 Å². The smallest absolute Gasteiger partial charge is 0.225 e. The first-order valence-electron chi connectivity index (χ1n) is 9.72. The van der Waals surface area contributed by atoms with Crippen molar-refractivity contribution in [3.63, 3.8) is 0 Å². The summed E-state index contributed by atoms with van der Waals surface area (Å²) in [5.74, 6) is 3.17. The van der Waals surface area contributed by atoms with Crippen LogP contribution in [0.5, 0.6) is 11.5 Å². The van der Waals surface area contributed by atoms with Gasteiger partial charge in [0.15, 0.2) is 17.3 Å². The van der Waals surface area contributed by atoms with Crippen LogP contribution < -0.4 is 19.7 Å². The normalized spacial score (nSPS) is 15.7. The highest BCUT2D eigenvalue weighted by molar-refractivity contribution is 7.99. The zero-order chi connectivity index (χ0) is 19.5. The van der Waals surface area contributed by atoms with Gasteiger partial charge in [0.25, 0.3) is 0 Å². The van der Waals surface area contributed by atoms with E-state index in [1.807, 2.05) is 36.9 Å². The van der Waals surface area contributed by atoms with Crippen LogP contribution >= 0.6 is 11.8 Å². The lowest BCUT2D eigenvalue weighted by Gasteiger charge is -2.18. The monoisotopic (exact) mass is 402 g/mol. The van der Waals surface area contributed by atoms with Crippen molar-refractivity contribution in [2.45, 2.75) is 31.1 Å². The van der Waals surface area contributed by atoms with Crippen molar-refractivity contribution in [1.82, 2.24) is 9.78 Å². The number of aryl methyl sites for hydroxylation is 1. The van der Waals surface area contributed by atoms with E-state index in [9.17, 15) is 4.79 Å². The topological polar surface area (TPSA) is 68.6 Å². The Balaban J connectivity index is 1.34. The number of amides is 1. The van der Waals surface area contributed by atoms with Crippen LogP contribution in [0.4, 0.5) is 11.5 Å².